The molecule has 0 saturated carbocycles. The van der Waals surface area contributed by atoms with E-state index in [-0.39, 0.29) is 30.9 Å². The highest BCUT2D eigenvalue weighted by Crippen LogP contribution is 2.31. The topological polar surface area (TPSA) is 95.9 Å². The normalized spacial score (nSPS) is 19.6. The molecule has 1 aromatic carbocycles. The smallest absolute Gasteiger partial charge is 0.338 e. The predicted octanol–water partition coefficient (Wildman–Crippen LogP) is 2.64. The van der Waals surface area contributed by atoms with Crippen LogP contribution in [0.15, 0.2) is 12.1 Å². The standard InChI is InChI=1S/C17H21FN2O5/c1-4-25-14(21)11-8-13(12(18)7-10(11)2)19-16(24)20-6-5-17(3,9-20)15(22)23/h7-8H,4-6,9H2,1-3H3,(H,19,24)(H,22,23). The molecule has 2 amide bonds. The van der Waals surface area contributed by atoms with Gasteiger partial charge in [-0.15, -0.1) is 0 Å². The van der Waals surface area contributed by atoms with Gasteiger partial charge in [0.05, 0.1) is 23.3 Å². The van der Waals surface area contributed by atoms with E-state index in [2.05, 4.69) is 5.32 Å². The summed E-state index contributed by atoms with van der Waals surface area (Å²) < 4.78 is 19.0. The zero-order chi connectivity index (χ0) is 18.8. The lowest BCUT2D eigenvalue weighted by Crippen LogP contribution is -2.37. The van der Waals surface area contributed by atoms with E-state index >= 15 is 0 Å². The maximum atomic E-state index is 14.1. The number of rotatable bonds is 4. The molecule has 0 radical (unpaired) electrons. The molecule has 8 heteroatoms. The van der Waals surface area contributed by atoms with E-state index in [0.29, 0.717) is 12.0 Å². The van der Waals surface area contributed by atoms with Crippen LogP contribution in [0.25, 0.3) is 0 Å². The van der Waals surface area contributed by atoms with Gasteiger partial charge in [0.2, 0.25) is 0 Å². The number of carbonyl (C=O) groups is 3. The van der Waals surface area contributed by atoms with Crippen LogP contribution in [-0.2, 0) is 9.53 Å². The second kappa shape index (κ2) is 7.08. The minimum Gasteiger partial charge on any atom is -0.481 e. The number of esters is 1. The van der Waals surface area contributed by atoms with Crippen molar-refractivity contribution < 1.29 is 28.6 Å². The zero-order valence-corrected chi connectivity index (χ0v) is 14.4. The minimum absolute atomic E-state index is 0.0341. The molecule has 0 aromatic heterocycles. The number of nitrogens with zero attached hydrogens (tertiary/aromatic N) is 1. The molecule has 2 rings (SSSR count). The molecular weight excluding hydrogens is 331 g/mol. The molecule has 1 saturated heterocycles. The number of nitrogens with one attached hydrogen (secondary N) is 1. The van der Waals surface area contributed by atoms with Crippen molar-refractivity contribution in [3.8, 4) is 0 Å². The minimum atomic E-state index is -1.01. The average Bonchev–Trinajstić information content (AvgIpc) is 2.94. The van der Waals surface area contributed by atoms with Crippen LogP contribution >= 0.6 is 0 Å². The van der Waals surface area contributed by atoms with Crippen molar-refractivity contribution in [2.24, 2.45) is 5.41 Å². The molecule has 1 unspecified atom stereocenters. The summed E-state index contributed by atoms with van der Waals surface area (Å²) in [5.74, 6) is -2.26. The van der Waals surface area contributed by atoms with Crippen LogP contribution in [0.3, 0.4) is 0 Å². The summed E-state index contributed by atoms with van der Waals surface area (Å²) in [6, 6.07) is 1.77. The molecule has 136 valence electrons. The third-order valence-corrected chi connectivity index (χ3v) is 4.33. The van der Waals surface area contributed by atoms with Gasteiger partial charge in [0.25, 0.3) is 0 Å². The summed E-state index contributed by atoms with van der Waals surface area (Å²) >= 11 is 0. The Bertz CT molecular complexity index is 721. The van der Waals surface area contributed by atoms with E-state index in [1.165, 1.54) is 11.0 Å². The Hall–Kier alpha value is -2.64. The van der Waals surface area contributed by atoms with Crippen LogP contribution in [0, 0.1) is 18.2 Å². The molecular formula is C17H21FN2O5. The summed E-state index contributed by atoms with van der Waals surface area (Å²) in [5, 5.41) is 11.6. The van der Waals surface area contributed by atoms with Crippen LogP contribution in [0.5, 0.6) is 0 Å². The van der Waals surface area contributed by atoms with Crippen LogP contribution in [-0.4, -0.2) is 47.7 Å². The first-order valence-electron chi connectivity index (χ1n) is 7.94. The first-order valence-corrected chi connectivity index (χ1v) is 7.94. The van der Waals surface area contributed by atoms with Gasteiger partial charge in [-0.25, -0.2) is 14.0 Å². The zero-order valence-electron chi connectivity index (χ0n) is 14.4. The van der Waals surface area contributed by atoms with E-state index < -0.39 is 29.2 Å². The van der Waals surface area contributed by atoms with Gasteiger partial charge >= 0.3 is 18.0 Å². The Morgan fingerprint density at radius 1 is 1.40 bits per heavy atom. The van der Waals surface area contributed by atoms with Crippen molar-refractivity contribution >= 4 is 23.7 Å². The number of halogens is 1. The van der Waals surface area contributed by atoms with E-state index in [9.17, 15) is 23.9 Å². The highest BCUT2D eigenvalue weighted by atomic mass is 19.1. The van der Waals surface area contributed by atoms with Crippen LogP contribution in [0.4, 0.5) is 14.9 Å². The molecule has 1 aliphatic heterocycles. The summed E-state index contributed by atoms with van der Waals surface area (Å²) in [7, 11) is 0. The van der Waals surface area contributed by atoms with Crippen LogP contribution in [0.2, 0.25) is 0 Å². The number of aliphatic carboxylic acids is 1. The second-order valence-corrected chi connectivity index (χ2v) is 6.33. The number of benzene rings is 1. The number of carbonyl (C=O) groups excluding carboxylic acids is 2. The number of urea groups is 1. The number of anilines is 1. The third kappa shape index (κ3) is 3.89. The SMILES string of the molecule is CCOC(=O)c1cc(NC(=O)N2CCC(C)(C(=O)O)C2)c(F)cc1C. The molecule has 1 aromatic rings. The monoisotopic (exact) mass is 352 g/mol. The molecule has 0 spiro atoms. The van der Waals surface area contributed by atoms with Crippen molar-refractivity contribution in [1.82, 2.24) is 4.90 Å². The predicted molar refractivity (Wildman–Crippen MR) is 88.0 cm³/mol. The van der Waals surface area contributed by atoms with E-state index in [4.69, 9.17) is 4.74 Å². The molecule has 2 N–H and O–H groups in total. The van der Waals surface area contributed by atoms with Gasteiger partial charge in [0.1, 0.15) is 5.82 Å². The maximum absolute atomic E-state index is 14.1. The van der Waals surface area contributed by atoms with Crippen molar-refractivity contribution in [3.05, 3.63) is 29.1 Å². The fourth-order valence-electron chi connectivity index (χ4n) is 2.70. The number of aryl methyl sites for hydroxylation is 1. The van der Waals surface area contributed by atoms with Gasteiger partial charge in [-0.3, -0.25) is 4.79 Å². The lowest BCUT2D eigenvalue weighted by Gasteiger charge is -2.21. The number of hydrogen-bond acceptors (Lipinski definition) is 4. The fraction of sp³-hybridized carbons (Fsp3) is 0.471. The highest BCUT2D eigenvalue weighted by molar-refractivity contribution is 5.95. The number of ether oxygens (including phenoxy) is 1. The first-order chi connectivity index (χ1) is 11.7. The summed E-state index contributed by atoms with van der Waals surface area (Å²) in [4.78, 5) is 36.8. The van der Waals surface area contributed by atoms with Gasteiger partial charge in [-0.1, -0.05) is 0 Å². The number of amides is 2. The van der Waals surface area contributed by atoms with Gasteiger partial charge in [-0.2, -0.15) is 0 Å². The largest absolute Gasteiger partial charge is 0.481 e. The van der Waals surface area contributed by atoms with Crippen molar-refractivity contribution in [1.29, 1.82) is 0 Å². The molecule has 1 atom stereocenters. The Morgan fingerprint density at radius 3 is 2.64 bits per heavy atom. The summed E-state index contributed by atoms with van der Waals surface area (Å²) in [5.41, 5.74) is -0.606. The lowest BCUT2D eigenvalue weighted by atomic mass is 9.90. The summed E-state index contributed by atoms with van der Waals surface area (Å²) in [6.07, 6.45) is 0.320. The van der Waals surface area contributed by atoms with Crippen LogP contribution < -0.4 is 5.32 Å². The average molecular weight is 352 g/mol. The molecule has 0 bridgehead atoms. The van der Waals surface area contributed by atoms with Gasteiger partial charge < -0.3 is 20.1 Å². The lowest BCUT2D eigenvalue weighted by molar-refractivity contribution is -0.146. The number of hydrogen-bond donors (Lipinski definition) is 2. The molecule has 1 heterocycles. The van der Waals surface area contributed by atoms with Gasteiger partial charge in [0.15, 0.2) is 0 Å². The van der Waals surface area contributed by atoms with E-state index in [0.717, 1.165) is 6.07 Å². The Morgan fingerprint density at radius 2 is 2.08 bits per heavy atom. The number of carboxylic acids is 1. The van der Waals surface area contributed by atoms with Crippen LogP contribution in [0.1, 0.15) is 36.2 Å². The van der Waals surface area contributed by atoms with Crippen molar-refractivity contribution in [3.63, 3.8) is 0 Å². The van der Waals surface area contributed by atoms with E-state index in [1.54, 1.807) is 20.8 Å². The molecule has 7 nitrogen and oxygen atoms in total. The Labute approximate surface area is 144 Å². The van der Waals surface area contributed by atoms with Gasteiger partial charge in [0, 0.05) is 13.1 Å². The number of likely N-dealkylation sites (tertiary alicyclic amines) is 1. The van der Waals surface area contributed by atoms with Crippen molar-refractivity contribution in [2.75, 3.05) is 25.0 Å². The van der Waals surface area contributed by atoms with Gasteiger partial charge in [-0.05, 0) is 44.9 Å². The quantitative estimate of drug-likeness (QED) is 0.812. The third-order valence-electron chi connectivity index (χ3n) is 4.33. The first kappa shape index (κ1) is 18.7. The summed E-state index contributed by atoms with van der Waals surface area (Å²) in [6.45, 7) is 5.26. The Kier molecular flexibility index (Phi) is 5.30. The molecule has 0 aliphatic carbocycles. The molecule has 1 fully saturated rings. The molecule has 25 heavy (non-hydrogen) atoms. The Balaban J connectivity index is 2.17. The van der Waals surface area contributed by atoms with Crippen molar-refractivity contribution in [2.45, 2.75) is 27.2 Å². The number of carboxylic acid groups (broad SMARTS) is 1. The fourth-order valence-corrected chi connectivity index (χ4v) is 2.70. The second-order valence-electron chi connectivity index (χ2n) is 6.33. The molecule has 1 aliphatic rings. The maximum Gasteiger partial charge on any atom is 0.338 e. The van der Waals surface area contributed by atoms with E-state index in [1.807, 2.05) is 0 Å². The highest BCUT2D eigenvalue weighted by Gasteiger charge is 2.42.